The van der Waals surface area contributed by atoms with Crippen molar-refractivity contribution < 1.29 is 9.84 Å². The summed E-state index contributed by atoms with van der Waals surface area (Å²) < 4.78 is 5.11. The summed E-state index contributed by atoms with van der Waals surface area (Å²) in [5.41, 5.74) is 0. The number of hydrogen-bond donors (Lipinski definition) is 1. The van der Waals surface area contributed by atoms with Crippen LogP contribution in [-0.4, -0.2) is 35.9 Å². The largest absolute Gasteiger partial charge is 0.393 e. The van der Waals surface area contributed by atoms with Crippen LogP contribution in [0.1, 0.15) is 13.8 Å². The topological polar surface area (TPSA) is 29.5 Å². The fraction of sp³-hybridized carbons (Fsp3) is 1.00. The van der Waals surface area contributed by atoms with Gasteiger partial charge in [0.2, 0.25) is 0 Å². The summed E-state index contributed by atoms with van der Waals surface area (Å²) in [4.78, 5) is 0. The fourth-order valence-corrected chi connectivity index (χ4v) is 1.26. The Morgan fingerprint density at radius 3 is 2.80 bits per heavy atom. The van der Waals surface area contributed by atoms with E-state index in [-0.39, 0.29) is 6.10 Å². The minimum atomic E-state index is -0.188. The van der Waals surface area contributed by atoms with Crippen LogP contribution in [0.5, 0.6) is 0 Å². The molecule has 1 N–H and O–H groups in total. The van der Waals surface area contributed by atoms with Crippen molar-refractivity contribution in [2.75, 3.05) is 24.7 Å². The molecule has 0 bridgehead atoms. The monoisotopic (exact) mass is 164 g/mol. The third kappa shape index (κ3) is 8.27. The van der Waals surface area contributed by atoms with E-state index in [1.807, 2.05) is 6.92 Å². The zero-order valence-corrected chi connectivity index (χ0v) is 7.49. The highest BCUT2D eigenvalue weighted by Crippen LogP contribution is 2.01. The zero-order chi connectivity index (χ0) is 7.82. The first-order valence-electron chi connectivity index (χ1n) is 3.61. The third-order valence-electron chi connectivity index (χ3n) is 0.935. The quantitative estimate of drug-likeness (QED) is 0.597. The minimum Gasteiger partial charge on any atom is -0.393 e. The van der Waals surface area contributed by atoms with Gasteiger partial charge in [0.15, 0.2) is 0 Å². The van der Waals surface area contributed by atoms with Crippen molar-refractivity contribution in [1.82, 2.24) is 0 Å². The molecule has 0 aromatic rings. The van der Waals surface area contributed by atoms with Gasteiger partial charge in [0.25, 0.3) is 0 Å². The second kappa shape index (κ2) is 7.38. The van der Waals surface area contributed by atoms with E-state index in [0.717, 1.165) is 24.7 Å². The van der Waals surface area contributed by atoms with Crippen molar-refractivity contribution >= 4 is 11.8 Å². The van der Waals surface area contributed by atoms with Gasteiger partial charge in [0, 0.05) is 18.1 Å². The molecule has 0 amide bonds. The average molecular weight is 164 g/mol. The Hall–Kier alpha value is 0.270. The molecule has 0 aromatic heterocycles. The first kappa shape index (κ1) is 10.3. The lowest BCUT2D eigenvalue weighted by Crippen LogP contribution is -2.05. The van der Waals surface area contributed by atoms with Crippen LogP contribution in [-0.2, 0) is 4.74 Å². The molecule has 10 heavy (non-hydrogen) atoms. The molecular weight excluding hydrogens is 148 g/mol. The van der Waals surface area contributed by atoms with E-state index < -0.39 is 0 Å². The van der Waals surface area contributed by atoms with Crippen LogP contribution in [0.3, 0.4) is 0 Å². The van der Waals surface area contributed by atoms with E-state index in [1.54, 1.807) is 18.7 Å². The molecule has 0 aliphatic carbocycles. The third-order valence-corrected chi connectivity index (χ3v) is 2.11. The summed E-state index contributed by atoms with van der Waals surface area (Å²) in [5, 5.41) is 8.85. The van der Waals surface area contributed by atoms with Gasteiger partial charge < -0.3 is 9.84 Å². The second-order valence-corrected chi connectivity index (χ2v) is 3.27. The fourth-order valence-electron chi connectivity index (χ4n) is 0.516. The van der Waals surface area contributed by atoms with E-state index in [9.17, 15) is 0 Å². The highest BCUT2D eigenvalue weighted by molar-refractivity contribution is 7.99. The first-order valence-corrected chi connectivity index (χ1v) is 4.76. The Labute approximate surface area is 67.0 Å². The SMILES string of the molecule is CCOCCSCC(C)O. The summed E-state index contributed by atoms with van der Waals surface area (Å²) in [6, 6.07) is 0. The predicted molar refractivity (Wildman–Crippen MR) is 45.5 cm³/mol. The zero-order valence-electron chi connectivity index (χ0n) is 6.67. The van der Waals surface area contributed by atoms with Crippen molar-refractivity contribution in [2.24, 2.45) is 0 Å². The van der Waals surface area contributed by atoms with E-state index in [2.05, 4.69) is 0 Å². The number of hydrogen-bond acceptors (Lipinski definition) is 3. The molecule has 2 nitrogen and oxygen atoms in total. The van der Waals surface area contributed by atoms with Gasteiger partial charge >= 0.3 is 0 Å². The molecule has 1 atom stereocenters. The molecule has 0 aromatic carbocycles. The first-order chi connectivity index (χ1) is 4.77. The maximum Gasteiger partial charge on any atom is 0.0602 e. The minimum absolute atomic E-state index is 0.188. The van der Waals surface area contributed by atoms with Crippen molar-refractivity contribution in [3.63, 3.8) is 0 Å². The maximum atomic E-state index is 8.85. The Kier molecular flexibility index (Phi) is 7.58. The van der Waals surface area contributed by atoms with Crippen molar-refractivity contribution in [3.05, 3.63) is 0 Å². The maximum absolute atomic E-state index is 8.85. The molecule has 0 aliphatic rings. The van der Waals surface area contributed by atoms with Crippen molar-refractivity contribution in [3.8, 4) is 0 Å². The second-order valence-electron chi connectivity index (χ2n) is 2.12. The Morgan fingerprint density at radius 1 is 1.60 bits per heavy atom. The Balaban J connectivity index is 2.77. The molecule has 0 rings (SSSR count). The molecule has 0 saturated heterocycles. The number of aliphatic hydroxyl groups is 1. The molecule has 0 fully saturated rings. The summed E-state index contributed by atoms with van der Waals surface area (Å²) in [6.45, 7) is 5.37. The summed E-state index contributed by atoms with van der Waals surface area (Å²) in [7, 11) is 0. The highest BCUT2D eigenvalue weighted by atomic mass is 32.2. The molecule has 0 radical (unpaired) electrons. The van der Waals surface area contributed by atoms with Crippen LogP contribution in [0, 0.1) is 0 Å². The molecule has 1 unspecified atom stereocenters. The molecule has 62 valence electrons. The van der Waals surface area contributed by atoms with Crippen LogP contribution in [0.4, 0.5) is 0 Å². The Bertz CT molecular complexity index is 66.6. The van der Waals surface area contributed by atoms with Gasteiger partial charge in [-0.15, -0.1) is 0 Å². The van der Waals surface area contributed by atoms with Gasteiger partial charge in [-0.25, -0.2) is 0 Å². The van der Waals surface area contributed by atoms with E-state index >= 15 is 0 Å². The number of rotatable bonds is 6. The smallest absolute Gasteiger partial charge is 0.0602 e. The molecule has 0 aliphatic heterocycles. The van der Waals surface area contributed by atoms with Crippen LogP contribution in [0.15, 0.2) is 0 Å². The molecule has 3 heteroatoms. The molecule has 0 heterocycles. The lowest BCUT2D eigenvalue weighted by Gasteiger charge is -2.03. The Morgan fingerprint density at radius 2 is 2.30 bits per heavy atom. The van der Waals surface area contributed by atoms with Gasteiger partial charge in [-0.2, -0.15) is 11.8 Å². The lowest BCUT2D eigenvalue weighted by atomic mass is 10.5. The molecule has 0 spiro atoms. The van der Waals surface area contributed by atoms with Crippen molar-refractivity contribution in [2.45, 2.75) is 20.0 Å². The highest BCUT2D eigenvalue weighted by Gasteiger charge is 1.94. The standard InChI is InChI=1S/C7H16O2S/c1-3-9-4-5-10-6-7(2)8/h7-8H,3-6H2,1-2H3. The van der Waals surface area contributed by atoms with E-state index in [1.165, 1.54) is 0 Å². The normalized spacial score (nSPS) is 13.5. The van der Waals surface area contributed by atoms with E-state index in [0.29, 0.717) is 0 Å². The van der Waals surface area contributed by atoms with Crippen LogP contribution >= 0.6 is 11.8 Å². The number of thioether (sulfide) groups is 1. The van der Waals surface area contributed by atoms with Gasteiger partial charge in [-0.3, -0.25) is 0 Å². The van der Waals surface area contributed by atoms with E-state index in [4.69, 9.17) is 9.84 Å². The lowest BCUT2D eigenvalue weighted by molar-refractivity contribution is 0.164. The van der Waals surface area contributed by atoms with Crippen LogP contribution in [0.25, 0.3) is 0 Å². The molecular formula is C7H16O2S. The van der Waals surface area contributed by atoms with Crippen LogP contribution < -0.4 is 0 Å². The molecule has 0 saturated carbocycles. The predicted octanol–water partition coefficient (Wildman–Crippen LogP) is 1.14. The van der Waals surface area contributed by atoms with Gasteiger partial charge in [-0.05, 0) is 13.8 Å². The van der Waals surface area contributed by atoms with Gasteiger partial charge in [0.05, 0.1) is 12.7 Å². The van der Waals surface area contributed by atoms with Crippen molar-refractivity contribution in [1.29, 1.82) is 0 Å². The summed E-state index contributed by atoms with van der Waals surface area (Å²) in [5.74, 6) is 1.80. The van der Waals surface area contributed by atoms with Gasteiger partial charge in [-0.1, -0.05) is 0 Å². The average Bonchev–Trinajstić information content (AvgIpc) is 1.87. The summed E-state index contributed by atoms with van der Waals surface area (Å²) >= 11 is 1.73. The van der Waals surface area contributed by atoms with Crippen LogP contribution in [0.2, 0.25) is 0 Å². The number of aliphatic hydroxyl groups excluding tert-OH is 1. The number of ether oxygens (including phenoxy) is 1. The summed E-state index contributed by atoms with van der Waals surface area (Å²) in [6.07, 6.45) is -0.188. The van der Waals surface area contributed by atoms with Gasteiger partial charge in [0.1, 0.15) is 0 Å².